The van der Waals surface area contributed by atoms with E-state index in [1.165, 1.54) is 10.4 Å². The van der Waals surface area contributed by atoms with Gasteiger partial charge in [0, 0.05) is 16.6 Å². The largest absolute Gasteiger partial charge is 0.462 e. The van der Waals surface area contributed by atoms with Crippen LogP contribution in [0.25, 0.3) is 0 Å². The number of thiophene rings is 1. The molecule has 2 unspecified atom stereocenters. The number of para-hydroxylation sites is 1. The summed E-state index contributed by atoms with van der Waals surface area (Å²) in [5.41, 5.74) is 4.05. The molecule has 0 saturated heterocycles. The molecule has 2 aromatic rings. The molecule has 0 radical (unpaired) electrons. The molecule has 2 aliphatic rings. The summed E-state index contributed by atoms with van der Waals surface area (Å²) >= 11 is 1.54. The minimum Gasteiger partial charge on any atom is -0.462 e. The quantitative estimate of drug-likeness (QED) is 0.738. The molecule has 6 heteroatoms. The molecule has 0 spiro atoms. The highest BCUT2D eigenvalue weighted by atomic mass is 32.1. The Balaban J connectivity index is 1.56. The standard InChI is InChI=1S/C23H28N2O3S/c1-4-28-23(27)21-17-10-9-14(2)11-19(17)29-22(21)24-20(26)13-25-15(3)12-16-7-5-6-8-18(16)25/h5-8,14-15H,4,9-13H2,1-3H3,(H,24,26). The fourth-order valence-electron chi connectivity index (χ4n) is 4.45. The van der Waals surface area contributed by atoms with Crippen LogP contribution in [-0.4, -0.2) is 31.1 Å². The summed E-state index contributed by atoms with van der Waals surface area (Å²) < 4.78 is 5.30. The molecule has 4 rings (SSSR count). The van der Waals surface area contributed by atoms with E-state index >= 15 is 0 Å². The average molecular weight is 413 g/mol. The van der Waals surface area contributed by atoms with Crippen molar-refractivity contribution in [2.24, 2.45) is 5.92 Å². The zero-order chi connectivity index (χ0) is 20.5. The number of rotatable bonds is 5. The van der Waals surface area contributed by atoms with E-state index in [-0.39, 0.29) is 24.5 Å². The predicted molar refractivity (Wildman–Crippen MR) is 117 cm³/mol. The Morgan fingerprint density at radius 3 is 2.83 bits per heavy atom. The summed E-state index contributed by atoms with van der Waals surface area (Å²) in [5, 5.41) is 3.68. The van der Waals surface area contributed by atoms with Crippen molar-refractivity contribution in [2.75, 3.05) is 23.4 Å². The molecule has 29 heavy (non-hydrogen) atoms. The smallest absolute Gasteiger partial charge is 0.341 e. The van der Waals surface area contributed by atoms with Gasteiger partial charge in [0.05, 0.1) is 18.7 Å². The first-order valence-corrected chi connectivity index (χ1v) is 11.3. The fourth-order valence-corrected chi connectivity index (χ4v) is 5.86. The van der Waals surface area contributed by atoms with E-state index < -0.39 is 0 Å². The minimum atomic E-state index is -0.324. The van der Waals surface area contributed by atoms with Crippen molar-refractivity contribution in [3.63, 3.8) is 0 Å². The Hall–Kier alpha value is -2.34. The maximum Gasteiger partial charge on any atom is 0.341 e. The van der Waals surface area contributed by atoms with Crippen LogP contribution < -0.4 is 10.2 Å². The SMILES string of the molecule is CCOC(=O)c1c(NC(=O)CN2c3ccccc3CC2C)sc2c1CCC(C)C2. The number of nitrogens with one attached hydrogen (secondary N) is 1. The molecule has 1 aliphatic carbocycles. The van der Waals surface area contributed by atoms with Crippen molar-refractivity contribution < 1.29 is 14.3 Å². The molecule has 2 atom stereocenters. The van der Waals surface area contributed by atoms with E-state index in [1.54, 1.807) is 11.3 Å². The van der Waals surface area contributed by atoms with Crippen LogP contribution in [0.2, 0.25) is 0 Å². The van der Waals surface area contributed by atoms with E-state index in [0.29, 0.717) is 23.1 Å². The van der Waals surface area contributed by atoms with Crippen LogP contribution >= 0.6 is 11.3 Å². The lowest BCUT2D eigenvalue weighted by Crippen LogP contribution is -2.37. The van der Waals surface area contributed by atoms with Crippen LogP contribution in [0, 0.1) is 5.92 Å². The third kappa shape index (κ3) is 3.90. The second kappa shape index (κ2) is 8.19. The monoisotopic (exact) mass is 412 g/mol. The average Bonchev–Trinajstić information content (AvgIpc) is 3.18. The van der Waals surface area contributed by atoms with Gasteiger partial charge in [0.2, 0.25) is 5.91 Å². The van der Waals surface area contributed by atoms with Gasteiger partial charge in [-0.3, -0.25) is 4.79 Å². The van der Waals surface area contributed by atoms with Gasteiger partial charge in [-0.2, -0.15) is 0 Å². The normalized spacial score (nSPS) is 20.2. The van der Waals surface area contributed by atoms with Crippen LogP contribution in [0.5, 0.6) is 0 Å². The number of esters is 1. The molecular weight excluding hydrogens is 384 g/mol. The number of ether oxygens (including phenoxy) is 1. The first-order valence-electron chi connectivity index (χ1n) is 10.4. The number of fused-ring (bicyclic) bond motifs is 2. The molecule has 0 bridgehead atoms. The molecule has 1 amide bonds. The van der Waals surface area contributed by atoms with Crippen LogP contribution in [0.4, 0.5) is 10.7 Å². The summed E-state index contributed by atoms with van der Waals surface area (Å²) in [5.74, 6) is 0.183. The second-order valence-electron chi connectivity index (χ2n) is 8.13. The third-order valence-corrected chi connectivity index (χ3v) is 7.08. The van der Waals surface area contributed by atoms with Gasteiger partial charge in [-0.15, -0.1) is 11.3 Å². The Labute approximate surface area is 176 Å². The molecule has 154 valence electrons. The predicted octanol–water partition coefficient (Wildman–Crippen LogP) is 4.44. The Kier molecular flexibility index (Phi) is 5.63. The lowest BCUT2D eigenvalue weighted by molar-refractivity contribution is -0.115. The van der Waals surface area contributed by atoms with Gasteiger partial charge in [-0.1, -0.05) is 25.1 Å². The third-order valence-electron chi connectivity index (χ3n) is 5.91. The van der Waals surface area contributed by atoms with E-state index in [1.807, 2.05) is 19.1 Å². The van der Waals surface area contributed by atoms with Crippen molar-refractivity contribution >= 4 is 33.9 Å². The Morgan fingerprint density at radius 2 is 2.03 bits per heavy atom. The van der Waals surface area contributed by atoms with Gasteiger partial charge in [0.15, 0.2) is 0 Å². The highest BCUT2D eigenvalue weighted by Crippen LogP contribution is 2.40. The van der Waals surface area contributed by atoms with Crippen molar-refractivity contribution in [3.05, 3.63) is 45.8 Å². The van der Waals surface area contributed by atoms with Crippen LogP contribution in [-0.2, 0) is 28.8 Å². The number of carbonyl (C=O) groups is 2. The Morgan fingerprint density at radius 1 is 1.24 bits per heavy atom. The van der Waals surface area contributed by atoms with Crippen molar-refractivity contribution in [1.29, 1.82) is 0 Å². The first-order chi connectivity index (χ1) is 14.0. The summed E-state index contributed by atoms with van der Waals surface area (Å²) in [6.07, 6.45) is 3.83. The van der Waals surface area contributed by atoms with Crippen LogP contribution in [0.3, 0.4) is 0 Å². The lowest BCUT2D eigenvalue weighted by Gasteiger charge is -2.24. The molecule has 0 fully saturated rings. The summed E-state index contributed by atoms with van der Waals surface area (Å²) in [6.45, 7) is 6.79. The van der Waals surface area contributed by atoms with Crippen LogP contribution in [0.1, 0.15) is 53.6 Å². The number of amides is 1. The topological polar surface area (TPSA) is 58.6 Å². The molecule has 1 aromatic carbocycles. The van der Waals surface area contributed by atoms with E-state index in [0.717, 1.165) is 36.9 Å². The van der Waals surface area contributed by atoms with E-state index in [4.69, 9.17) is 4.74 Å². The first kappa shape index (κ1) is 20.0. The molecule has 1 aromatic heterocycles. The van der Waals surface area contributed by atoms with Crippen LogP contribution in [0.15, 0.2) is 24.3 Å². The summed E-state index contributed by atoms with van der Waals surface area (Å²) in [6, 6.07) is 8.52. The maximum absolute atomic E-state index is 12.9. The van der Waals surface area contributed by atoms with Gasteiger partial charge in [0.25, 0.3) is 0 Å². The van der Waals surface area contributed by atoms with Crippen molar-refractivity contribution in [3.8, 4) is 0 Å². The highest BCUT2D eigenvalue weighted by Gasteiger charge is 2.31. The summed E-state index contributed by atoms with van der Waals surface area (Å²) in [7, 11) is 0. The van der Waals surface area contributed by atoms with Gasteiger partial charge in [-0.25, -0.2) is 4.79 Å². The highest BCUT2D eigenvalue weighted by molar-refractivity contribution is 7.17. The number of benzene rings is 1. The van der Waals surface area contributed by atoms with Crippen molar-refractivity contribution in [1.82, 2.24) is 0 Å². The van der Waals surface area contributed by atoms with Gasteiger partial charge >= 0.3 is 5.97 Å². The van der Waals surface area contributed by atoms with Gasteiger partial charge in [-0.05, 0) is 62.6 Å². The van der Waals surface area contributed by atoms with Gasteiger partial charge < -0.3 is 15.0 Å². The fraction of sp³-hybridized carbons (Fsp3) is 0.478. The minimum absolute atomic E-state index is 0.0919. The number of hydrogen-bond acceptors (Lipinski definition) is 5. The maximum atomic E-state index is 12.9. The zero-order valence-electron chi connectivity index (χ0n) is 17.3. The lowest BCUT2D eigenvalue weighted by atomic mass is 9.88. The molecule has 1 N–H and O–H groups in total. The number of hydrogen-bond donors (Lipinski definition) is 1. The number of anilines is 2. The molecule has 2 heterocycles. The number of carbonyl (C=O) groups excluding carboxylic acids is 2. The zero-order valence-corrected chi connectivity index (χ0v) is 18.1. The number of nitrogens with zero attached hydrogens (tertiary/aromatic N) is 1. The van der Waals surface area contributed by atoms with E-state index in [9.17, 15) is 9.59 Å². The second-order valence-corrected chi connectivity index (χ2v) is 9.24. The molecule has 0 saturated carbocycles. The summed E-state index contributed by atoms with van der Waals surface area (Å²) in [4.78, 5) is 28.9. The van der Waals surface area contributed by atoms with Crippen molar-refractivity contribution in [2.45, 2.75) is 52.5 Å². The molecule has 5 nitrogen and oxygen atoms in total. The molecule has 1 aliphatic heterocycles. The van der Waals surface area contributed by atoms with Gasteiger partial charge in [0.1, 0.15) is 5.00 Å². The Bertz CT molecular complexity index is 936. The molecular formula is C23H28N2O3S. The van der Waals surface area contributed by atoms with E-state index in [2.05, 4.69) is 36.2 Å².